The van der Waals surface area contributed by atoms with Gasteiger partial charge >= 0.3 is 6.03 Å². The molecular formula is C17H19FN6O2. The molecule has 0 unspecified atom stereocenters. The molecule has 0 atom stereocenters. The summed E-state index contributed by atoms with van der Waals surface area (Å²) in [6, 6.07) is 5.25. The first kappa shape index (κ1) is 17.6. The van der Waals surface area contributed by atoms with E-state index in [-0.39, 0.29) is 23.8 Å². The highest BCUT2D eigenvalue weighted by Crippen LogP contribution is 2.11. The Hall–Kier alpha value is -3.23. The molecule has 0 aliphatic carbocycles. The van der Waals surface area contributed by atoms with Gasteiger partial charge in [0.15, 0.2) is 0 Å². The van der Waals surface area contributed by atoms with Crippen LogP contribution in [0.15, 0.2) is 29.1 Å². The van der Waals surface area contributed by atoms with E-state index in [1.165, 1.54) is 16.6 Å². The van der Waals surface area contributed by atoms with Gasteiger partial charge in [-0.25, -0.2) is 14.2 Å². The topological polar surface area (TPSA) is 104 Å². The molecule has 3 N–H and O–H groups in total. The number of amides is 2. The molecule has 3 aromatic rings. The van der Waals surface area contributed by atoms with Crippen LogP contribution in [0.3, 0.4) is 0 Å². The SMILES string of the molecule is CCCc1nc2nc(C)[nH]n2c(=O)c1NC(=O)NCc1ccc(F)cc1. The average Bonchev–Trinajstić information content (AvgIpc) is 2.99. The minimum absolute atomic E-state index is 0.115. The summed E-state index contributed by atoms with van der Waals surface area (Å²) in [6.07, 6.45) is 1.29. The zero-order chi connectivity index (χ0) is 18.7. The highest BCUT2D eigenvalue weighted by atomic mass is 19.1. The summed E-state index contributed by atoms with van der Waals surface area (Å²) in [5.74, 6) is 0.479. The summed E-state index contributed by atoms with van der Waals surface area (Å²) in [6.45, 7) is 3.88. The van der Waals surface area contributed by atoms with Gasteiger partial charge < -0.3 is 10.6 Å². The van der Waals surface area contributed by atoms with Crippen molar-refractivity contribution in [2.24, 2.45) is 0 Å². The maximum atomic E-state index is 12.9. The Kier molecular flexibility index (Phi) is 4.97. The fraction of sp³-hybridized carbons (Fsp3) is 0.294. The molecule has 3 rings (SSSR count). The lowest BCUT2D eigenvalue weighted by Crippen LogP contribution is -2.33. The second-order valence-electron chi connectivity index (χ2n) is 5.87. The van der Waals surface area contributed by atoms with Crippen molar-refractivity contribution < 1.29 is 9.18 Å². The number of rotatable bonds is 5. The molecule has 9 heteroatoms. The van der Waals surface area contributed by atoms with Crippen LogP contribution in [-0.4, -0.2) is 25.6 Å². The van der Waals surface area contributed by atoms with Gasteiger partial charge in [-0.1, -0.05) is 25.5 Å². The molecule has 1 aromatic carbocycles. The summed E-state index contributed by atoms with van der Waals surface area (Å²) < 4.78 is 14.1. The molecule has 0 fully saturated rings. The average molecular weight is 358 g/mol. The zero-order valence-corrected chi connectivity index (χ0v) is 14.5. The molecule has 8 nitrogen and oxygen atoms in total. The number of carbonyl (C=O) groups excluding carboxylic acids is 1. The third kappa shape index (κ3) is 3.71. The molecule has 0 radical (unpaired) electrons. The van der Waals surface area contributed by atoms with Gasteiger partial charge in [-0.15, -0.1) is 0 Å². The maximum absolute atomic E-state index is 12.9. The number of nitrogens with one attached hydrogen (secondary N) is 3. The van der Waals surface area contributed by atoms with Crippen molar-refractivity contribution in [2.45, 2.75) is 33.2 Å². The van der Waals surface area contributed by atoms with Crippen molar-refractivity contribution in [3.05, 3.63) is 57.5 Å². The Morgan fingerprint density at radius 3 is 2.69 bits per heavy atom. The van der Waals surface area contributed by atoms with Crippen LogP contribution in [0.5, 0.6) is 0 Å². The quantitative estimate of drug-likeness (QED) is 0.650. The number of aromatic amines is 1. The Bertz CT molecular complexity index is 993. The number of hydrogen-bond acceptors (Lipinski definition) is 4. The predicted molar refractivity (Wildman–Crippen MR) is 94.6 cm³/mol. The lowest BCUT2D eigenvalue weighted by molar-refractivity contribution is 0.251. The van der Waals surface area contributed by atoms with Crippen LogP contribution >= 0.6 is 0 Å². The number of aromatic nitrogens is 4. The largest absolute Gasteiger partial charge is 0.334 e. The van der Waals surface area contributed by atoms with Crippen LogP contribution in [0, 0.1) is 12.7 Å². The number of urea groups is 1. The smallest absolute Gasteiger partial charge is 0.319 e. The van der Waals surface area contributed by atoms with E-state index in [1.807, 2.05) is 6.92 Å². The van der Waals surface area contributed by atoms with Gasteiger partial charge in [-0.2, -0.15) is 9.50 Å². The number of fused-ring (bicyclic) bond motifs is 1. The summed E-state index contributed by atoms with van der Waals surface area (Å²) in [4.78, 5) is 33.4. The van der Waals surface area contributed by atoms with E-state index in [0.29, 0.717) is 17.9 Å². The zero-order valence-electron chi connectivity index (χ0n) is 14.5. The van der Waals surface area contributed by atoms with E-state index >= 15 is 0 Å². The van der Waals surface area contributed by atoms with Gasteiger partial charge in [0.1, 0.15) is 17.3 Å². The van der Waals surface area contributed by atoms with E-state index in [4.69, 9.17) is 0 Å². The van der Waals surface area contributed by atoms with Crippen LogP contribution in [0.4, 0.5) is 14.9 Å². The molecule has 0 saturated heterocycles. The number of hydrogen-bond donors (Lipinski definition) is 3. The number of halogens is 1. The fourth-order valence-corrected chi connectivity index (χ4v) is 2.55. The van der Waals surface area contributed by atoms with Crippen LogP contribution in [0.25, 0.3) is 5.78 Å². The summed E-state index contributed by atoms with van der Waals surface area (Å²) in [7, 11) is 0. The molecule has 2 aromatic heterocycles. The maximum Gasteiger partial charge on any atom is 0.319 e. The molecule has 0 spiro atoms. The number of carbonyl (C=O) groups is 1. The molecular weight excluding hydrogens is 339 g/mol. The first-order valence-corrected chi connectivity index (χ1v) is 8.25. The Labute approximate surface area is 148 Å². The van der Waals surface area contributed by atoms with Crippen molar-refractivity contribution in [1.29, 1.82) is 0 Å². The molecule has 0 saturated carbocycles. The van der Waals surface area contributed by atoms with Gasteiger partial charge in [0.05, 0.1) is 5.69 Å². The van der Waals surface area contributed by atoms with Crippen molar-refractivity contribution in [3.63, 3.8) is 0 Å². The molecule has 0 aliphatic rings. The van der Waals surface area contributed by atoms with Gasteiger partial charge in [-0.05, 0) is 31.0 Å². The van der Waals surface area contributed by atoms with Gasteiger partial charge in [0, 0.05) is 6.54 Å². The van der Waals surface area contributed by atoms with Crippen LogP contribution in [-0.2, 0) is 13.0 Å². The molecule has 2 heterocycles. The van der Waals surface area contributed by atoms with E-state index in [0.717, 1.165) is 12.0 Å². The van der Waals surface area contributed by atoms with Gasteiger partial charge in [0.25, 0.3) is 11.3 Å². The minimum atomic E-state index is -0.540. The van der Waals surface area contributed by atoms with E-state index < -0.39 is 11.6 Å². The monoisotopic (exact) mass is 358 g/mol. The first-order valence-electron chi connectivity index (χ1n) is 8.25. The second kappa shape index (κ2) is 7.34. The first-order chi connectivity index (χ1) is 12.5. The lowest BCUT2D eigenvalue weighted by Gasteiger charge is -2.10. The third-order valence-electron chi connectivity index (χ3n) is 3.77. The summed E-state index contributed by atoms with van der Waals surface area (Å²) >= 11 is 0. The lowest BCUT2D eigenvalue weighted by atomic mass is 10.2. The van der Waals surface area contributed by atoms with Crippen LogP contribution in [0.2, 0.25) is 0 Å². The van der Waals surface area contributed by atoms with Crippen molar-refractivity contribution in [3.8, 4) is 0 Å². The Morgan fingerprint density at radius 2 is 2.00 bits per heavy atom. The molecule has 0 aliphatic heterocycles. The highest BCUT2D eigenvalue weighted by Gasteiger charge is 2.16. The standard InChI is InChI=1S/C17H19FN6O2/c1-3-4-13-14(15(25)24-16(21-13)20-10(2)23-24)22-17(26)19-9-11-5-7-12(18)8-6-11/h5-8H,3-4,9H2,1-2H3,(H2,19,22,26)(H,20,21,23). The number of benzene rings is 1. The molecule has 2 amide bonds. The third-order valence-corrected chi connectivity index (χ3v) is 3.77. The molecule has 136 valence electrons. The fourth-order valence-electron chi connectivity index (χ4n) is 2.55. The summed E-state index contributed by atoms with van der Waals surface area (Å²) in [5, 5.41) is 8.02. The van der Waals surface area contributed by atoms with Gasteiger partial charge in [0.2, 0.25) is 0 Å². The Balaban J connectivity index is 1.81. The van der Waals surface area contributed by atoms with Crippen LogP contribution < -0.4 is 16.2 Å². The highest BCUT2D eigenvalue weighted by molar-refractivity contribution is 5.89. The summed E-state index contributed by atoms with van der Waals surface area (Å²) in [5.41, 5.74) is 0.923. The number of aryl methyl sites for hydroxylation is 2. The number of anilines is 1. The van der Waals surface area contributed by atoms with E-state index in [9.17, 15) is 14.0 Å². The van der Waals surface area contributed by atoms with Crippen molar-refractivity contribution >= 4 is 17.5 Å². The minimum Gasteiger partial charge on any atom is -0.334 e. The van der Waals surface area contributed by atoms with Crippen LogP contribution in [0.1, 0.15) is 30.4 Å². The van der Waals surface area contributed by atoms with Crippen molar-refractivity contribution in [1.82, 2.24) is 24.9 Å². The molecule has 26 heavy (non-hydrogen) atoms. The van der Waals surface area contributed by atoms with E-state index in [1.54, 1.807) is 19.1 Å². The van der Waals surface area contributed by atoms with Gasteiger partial charge in [-0.3, -0.25) is 9.89 Å². The molecule has 0 bridgehead atoms. The Morgan fingerprint density at radius 1 is 1.27 bits per heavy atom. The number of H-pyrrole nitrogens is 1. The number of nitrogens with zero attached hydrogens (tertiary/aromatic N) is 3. The second-order valence-corrected chi connectivity index (χ2v) is 5.87. The predicted octanol–water partition coefficient (Wildman–Crippen LogP) is 2.14. The van der Waals surface area contributed by atoms with E-state index in [2.05, 4.69) is 25.7 Å². The normalized spacial score (nSPS) is 10.9. The van der Waals surface area contributed by atoms with Crippen molar-refractivity contribution in [2.75, 3.05) is 5.32 Å².